The maximum Gasteiger partial charge on any atom is 0.318 e. The lowest BCUT2D eigenvalue weighted by molar-refractivity contribution is 0.387. The summed E-state index contributed by atoms with van der Waals surface area (Å²) in [5, 5.41) is 11.6. The van der Waals surface area contributed by atoms with Gasteiger partial charge in [0.15, 0.2) is 0 Å². The van der Waals surface area contributed by atoms with E-state index in [0.29, 0.717) is 24.5 Å². The molecule has 5 nitrogen and oxygen atoms in total. The molecule has 0 radical (unpaired) electrons. The van der Waals surface area contributed by atoms with E-state index >= 15 is 0 Å². The molecular formula is C14H26N4O. The predicted molar refractivity (Wildman–Crippen MR) is 76.2 cm³/mol. The van der Waals surface area contributed by atoms with Crippen molar-refractivity contribution in [3.63, 3.8) is 0 Å². The number of rotatable bonds is 7. The largest absolute Gasteiger partial charge is 0.407 e. The van der Waals surface area contributed by atoms with Crippen LogP contribution in [-0.2, 0) is 6.54 Å². The zero-order valence-corrected chi connectivity index (χ0v) is 12.2. The van der Waals surface area contributed by atoms with Gasteiger partial charge in [-0.15, -0.1) is 5.10 Å². The van der Waals surface area contributed by atoms with Crippen molar-refractivity contribution < 1.29 is 4.42 Å². The van der Waals surface area contributed by atoms with Gasteiger partial charge in [-0.1, -0.05) is 25.4 Å². The Morgan fingerprint density at radius 2 is 2.16 bits per heavy atom. The predicted octanol–water partition coefficient (Wildman–Crippen LogP) is 2.73. The zero-order valence-electron chi connectivity index (χ0n) is 12.2. The Morgan fingerprint density at radius 1 is 1.26 bits per heavy atom. The normalized spacial score (nSPS) is 19.9. The van der Waals surface area contributed by atoms with Gasteiger partial charge in [0.25, 0.3) is 0 Å². The van der Waals surface area contributed by atoms with Crippen LogP contribution in [0.3, 0.4) is 0 Å². The highest BCUT2D eigenvalue weighted by molar-refractivity contribution is 5.27. The molecule has 0 saturated carbocycles. The molecule has 19 heavy (non-hydrogen) atoms. The van der Waals surface area contributed by atoms with Gasteiger partial charge in [-0.25, -0.2) is 0 Å². The highest BCUT2D eigenvalue weighted by atomic mass is 16.4. The number of hydrogen-bond acceptors (Lipinski definition) is 5. The minimum absolute atomic E-state index is 0.579. The van der Waals surface area contributed by atoms with Crippen molar-refractivity contribution in [3.05, 3.63) is 5.89 Å². The molecule has 1 aliphatic rings. The summed E-state index contributed by atoms with van der Waals surface area (Å²) in [5.41, 5.74) is 0. The van der Waals surface area contributed by atoms with Crippen LogP contribution in [0.1, 0.15) is 58.3 Å². The number of aromatic nitrogens is 2. The molecule has 2 rings (SSSR count). The smallest absolute Gasteiger partial charge is 0.318 e. The monoisotopic (exact) mass is 266 g/mol. The average molecular weight is 266 g/mol. The first kappa shape index (κ1) is 14.3. The van der Waals surface area contributed by atoms with Crippen LogP contribution in [0.25, 0.3) is 0 Å². The minimum Gasteiger partial charge on any atom is -0.407 e. The molecule has 0 aromatic carbocycles. The van der Waals surface area contributed by atoms with Gasteiger partial charge in [0.1, 0.15) is 0 Å². The van der Waals surface area contributed by atoms with Crippen molar-refractivity contribution in [1.82, 2.24) is 15.5 Å². The van der Waals surface area contributed by atoms with Gasteiger partial charge in [0.2, 0.25) is 5.89 Å². The molecule has 0 spiro atoms. The van der Waals surface area contributed by atoms with Crippen LogP contribution >= 0.6 is 0 Å². The summed E-state index contributed by atoms with van der Waals surface area (Å²) < 4.78 is 5.79. The van der Waals surface area contributed by atoms with Crippen molar-refractivity contribution >= 4 is 6.01 Å². The van der Waals surface area contributed by atoms with Gasteiger partial charge in [0, 0.05) is 12.6 Å². The first-order chi connectivity index (χ1) is 9.35. The van der Waals surface area contributed by atoms with E-state index < -0.39 is 0 Å². The van der Waals surface area contributed by atoms with E-state index in [1.807, 2.05) is 0 Å². The average Bonchev–Trinajstić information content (AvgIpc) is 2.89. The lowest BCUT2D eigenvalue weighted by Crippen LogP contribution is -2.39. The van der Waals surface area contributed by atoms with Crippen LogP contribution in [0.15, 0.2) is 4.42 Å². The molecule has 1 fully saturated rings. The molecule has 1 atom stereocenters. The fraction of sp³-hybridized carbons (Fsp3) is 0.857. The number of anilines is 1. The molecule has 0 amide bonds. The first-order valence-electron chi connectivity index (χ1n) is 7.64. The van der Waals surface area contributed by atoms with Gasteiger partial charge in [-0.05, 0) is 38.6 Å². The number of piperidine rings is 1. The molecule has 0 aliphatic carbocycles. The van der Waals surface area contributed by atoms with Crippen molar-refractivity contribution in [2.24, 2.45) is 0 Å². The van der Waals surface area contributed by atoms with E-state index in [2.05, 4.69) is 34.3 Å². The summed E-state index contributed by atoms with van der Waals surface area (Å²) in [5.74, 6) is 0.698. The molecule has 0 bridgehead atoms. The molecule has 1 aromatic rings. The van der Waals surface area contributed by atoms with Crippen molar-refractivity contribution in [2.75, 3.05) is 18.0 Å². The molecule has 1 aromatic heterocycles. The Labute approximate surface area is 115 Å². The number of hydrogen-bond donors (Lipinski definition) is 1. The maximum absolute atomic E-state index is 5.79. The SMILES string of the molecule is CCCNCc1nnc(N2CCCCC2CCC)o1. The molecule has 1 unspecified atom stereocenters. The van der Waals surface area contributed by atoms with E-state index in [9.17, 15) is 0 Å². The Kier molecular flexibility index (Phi) is 5.63. The van der Waals surface area contributed by atoms with E-state index in [0.717, 1.165) is 19.5 Å². The third-order valence-corrected chi connectivity index (χ3v) is 3.65. The van der Waals surface area contributed by atoms with Crippen LogP contribution in [0.5, 0.6) is 0 Å². The van der Waals surface area contributed by atoms with E-state index in [1.165, 1.54) is 32.1 Å². The minimum atomic E-state index is 0.579. The summed E-state index contributed by atoms with van der Waals surface area (Å²) in [4.78, 5) is 2.31. The summed E-state index contributed by atoms with van der Waals surface area (Å²) in [6, 6.07) is 1.29. The lowest BCUT2D eigenvalue weighted by atomic mass is 9.99. The molecule has 108 valence electrons. The molecule has 2 heterocycles. The Morgan fingerprint density at radius 3 is 2.95 bits per heavy atom. The number of nitrogens with one attached hydrogen (secondary N) is 1. The third kappa shape index (κ3) is 3.93. The second-order valence-corrected chi connectivity index (χ2v) is 5.29. The first-order valence-corrected chi connectivity index (χ1v) is 7.64. The van der Waals surface area contributed by atoms with Gasteiger partial charge >= 0.3 is 6.01 Å². The highest BCUT2D eigenvalue weighted by Crippen LogP contribution is 2.26. The Bertz CT molecular complexity index is 364. The van der Waals surface area contributed by atoms with Gasteiger partial charge in [0.05, 0.1) is 6.54 Å². The topological polar surface area (TPSA) is 54.2 Å². The van der Waals surface area contributed by atoms with Crippen LogP contribution in [0.4, 0.5) is 6.01 Å². The standard InChI is InChI=1S/C14H26N4O/c1-3-7-12-8-5-6-10-18(12)14-17-16-13(19-14)11-15-9-4-2/h12,15H,3-11H2,1-2H3. The zero-order chi connectivity index (χ0) is 13.5. The van der Waals surface area contributed by atoms with E-state index in [1.54, 1.807) is 0 Å². The Hall–Kier alpha value is -1.10. The van der Waals surface area contributed by atoms with Crippen LogP contribution in [0, 0.1) is 0 Å². The third-order valence-electron chi connectivity index (χ3n) is 3.65. The fourth-order valence-electron chi connectivity index (χ4n) is 2.69. The molecule has 1 N–H and O–H groups in total. The molecule has 5 heteroatoms. The second kappa shape index (κ2) is 7.48. The summed E-state index contributed by atoms with van der Waals surface area (Å²) in [7, 11) is 0. The van der Waals surface area contributed by atoms with E-state index in [4.69, 9.17) is 4.42 Å². The van der Waals surface area contributed by atoms with Gasteiger partial charge in [-0.3, -0.25) is 0 Å². The summed E-state index contributed by atoms with van der Waals surface area (Å²) in [6.45, 7) is 7.09. The molecule has 1 aliphatic heterocycles. The van der Waals surface area contributed by atoms with Crippen LogP contribution < -0.4 is 10.2 Å². The quantitative estimate of drug-likeness (QED) is 0.769. The van der Waals surface area contributed by atoms with Crippen molar-refractivity contribution in [2.45, 2.75) is 65.0 Å². The maximum atomic E-state index is 5.79. The van der Waals surface area contributed by atoms with Crippen molar-refractivity contribution in [3.8, 4) is 0 Å². The van der Waals surface area contributed by atoms with Crippen LogP contribution in [0.2, 0.25) is 0 Å². The Balaban J connectivity index is 1.95. The summed E-state index contributed by atoms with van der Waals surface area (Å²) >= 11 is 0. The van der Waals surface area contributed by atoms with Crippen molar-refractivity contribution in [1.29, 1.82) is 0 Å². The summed E-state index contributed by atoms with van der Waals surface area (Å²) in [6.07, 6.45) is 7.34. The highest BCUT2D eigenvalue weighted by Gasteiger charge is 2.25. The van der Waals surface area contributed by atoms with E-state index in [-0.39, 0.29) is 0 Å². The number of nitrogens with zero attached hydrogens (tertiary/aromatic N) is 3. The molecule has 1 saturated heterocycles. The second-order valence-electron chi connectivity index (χ2n) is 5.29. The van der Waals surface area contributed by atoms with Gasteiger partial charge in [-0.2, -0.15) is 0 Å². The fourth-order valence-corrected chi connectivity index (χ4v) is 2.69. The van der Waals surface area contributed by atoms with Crippen LogP contribution in [-0.4, -0.2) is 29.3 Å². The lowest BCUT2D eigenvalue weighted by Gasteiger charge is -2.34. The van der Waals surface area contributed by atoms with Gasteiger partial charge < -0.3 is 14.6 Å². The molecular weight excluding hydrogens is 240 g/mol.